The van der Waals surface area contributed by atoms with Gasteiger partial charge in [0, 0.05) is 12.5 Å². The SMILES string of the molecule is O=C(O)C(NS(=O)(=O)C1CC1c1ccccc1)C1CCCO1. The van der Waals surface area contributed by atoms with Crippen molar-refractivity contribution in [2.24, 2.45) is 0 Å². The van der Waals surface area contributed by atoms with Gasteiger partial charge in [0.2, 0.25) is 10.0 Å². The van der Waals surface area contributed by atoms with Crippen LogP contribution < -0.4 is 4.72 Å². The van der Waals surface area contributed by atoms with Crippen LogP contribution in [0.3, 0.4) is 0 Å². The van der Waals surface area contributed by atoms with E-state index < -0.39 is 33.4 Å². The number of rotatable bonds is 6. The minimum atomic E-state index is -3.68. The Hall–Kier alpha value is -1.44. The molecule has 0 bridgehead atoms. The van der Waals surface area contributed by atoms with Crippen molar-refractivity contribution < 1.29 is 23.1 Å². The van der Waals surface area contributed by atoms with Gasteiger partial charge >= 0.3 is 5.97 Å². The molecule has 1 aliphatic carbocycles. The zero-order valence-electron chi connectivity index (χ0n) is 12.0. The number of carboxylic acids is 1. The van der Waals surface area contributed by atoms with Gasteiger partial charge in [0.1, 0.15) is 6.04 Å². The van der Waals surface area contributed by atoms with E-state index in [1.807, 2.05) is 30.3 Å². The first-order chi connectivity index (χ1) is 10.5. The second-order valence-corrected chi connectivity index (χ2v) is 7.75. The second kappa shape index (κ2) is 5.98. The number of sulfonamides is 1. The Kier molecular flexibility index (Phi) is 4.20. The summed E-state index contributed by atoms with van der Waals surface area (Å²) in [5.41, 5.74) is 0.974. The molecule has 2 N–H and O–H groups in total. The third-order valence-electron chi connectivity index (χ3n) is 4.25. The van der Waals surface area contributed by atoms with Crippen LogP contribution >= 0.6 is 0 Å². The summed E-state index contributed by atoms with van der Waals surface area (Å²) in [4.78, 5) is 11.4. The van der Waals surface area contributed by atoms with Gasteiger partial charge in [-0.25, -0.2) is 8.42 Å². The van der Waals surface area contributed by atoms with Crippen molar-refractivity contribution in [2.45, 2.75) is 42.6 Å². The van der Waals surface area contributed by atoms with E-state index in [1.165, 1.54) is 0 Å². The van der Waals surface area contributed by atoms with Gasteiger partial charge in [-0.05, 0) is 24.8 Å². The second-order valence-electron chi connectivity index (χ2n) is 5.82. The van der Waals surface area contributed by atoms with Crippen molar-refractivity contribution in [3.63, 3.8) is 0 Å². The fourth-order valence-corrected chi connectivity index (χ4v) is 4.81. The summed E-state index contributed by atoms with van der Waals surface area (Å²) in [6.07, 6.45) is 1.26. The Morgan fingerprint density at radius 2 is 2.05 bits per heavy atom. The van der Waals surface area contributed by atoms with E-state index in [1.54, 1.807) is 0 Å². The molecule has 4 unspecified atom stereocenters. The van der Waals surface area contributed by atoms with E-state index in [-0.39, 0.29) is 5.92 Å². The lowest BCUT2D eigenvalue weighted by atomic mass is 10.1. The predicted molar refractivity (Wildman–Crippen MR) is 80.0 cm³/mol. The molecule has 7 heteroatoms. The van der Waals surface area contributed by atoms with Gasteiger partial charge in [-0.2, -0.15) is 4.72 Å². The van der Waals surface area contributed by atoms with E-state index in [9.17, 15) is 18.3 Å². The van der Waals surface area contributed by atoms with Crippen molar-refractivity contribution in [1.29, 1.82) is 0 Å². The molecule has 1 aromatic carbocycles. The van der Waals surface area contributed by atoms with Gasteiger partial charge < -0.3 is 9.84 Å². The fourth-order valence-electron chi connectivity index (χ4n) is 2.98. The molecule has 3 rings (SSSR count). The Morgan fingerprint density at radius 3 is 2.64 bits per heavy atom. The van der Waals surface area contributed by atoms with Gasteiger partial charge in [0.15, 0.2) is 0 Å². The van der Waals surface area contributed by atoms with E-state index >= 15 is 0 Å². The molecule has 4 atom stereocenters. The van der Waals surface area contributed by atoms with Gasteiger partial charge in [0.05, 0.1) is 11.4 Å². The van der Waals surface area contributed by atoms with Crippen LogP contribution in [-0.4, -0.2) is 43.5 Å². The third-order valence-corrected chi connectivity index (χ3v) is 6.15. The third kappa shape index (κ3) is 3.16. The monoisotopic (exact) mass is 325 g/mol. The summed E-state index contributed by atoms with van der Waals surface area (Å²) in [6.45, 7) is 0.478. The maximum Gasteiger partial charge on any atom is 0.324 e. The number of hydrogen-bond donors (Lipinski definition) is 2. The summed E-state index contributed by atoms with van der Waals surface area (Å²) in [6, 6.07) is 8.22. The summed E-state index contributed by atoms with van der Waals surface area (Å²) in [5, 5.41) is 8.72. The van der Waals surface area contributed by atoms with E-state index in [0.29, 0.717) is 19.4 Å². The zero-order valence-corrected chi connectivity index (χ0v) is 12.8. The number of nitrogens with one attached hydrogen (secondary N) is 1. The molecule has 6 nitrogen and oxygen atoms in total. The lowest BCUT2D eigenvalue weighted by Crippen LogP contribution is -2.49. The van der Waals surface area contributed by atoms with Crippen LogP contribution in [0.5, 0.6) is 0 Å². The molecular formula is C15H19NO5S. The largest absolute Gasteiger partial charge is 0.480 e. The topological polar surface area (TPSA) is 92.7 Å². The highest BCUT2D eigenvalue weighted by Gasteiger charge is 2.50. The Bertz CT molecular complexity index is 639. The van der Waals surface area contributed by atoms with Crippen LogP contribution in [0, 0.1) is 0 Å². The fraction of sp³-hybridized carbons (Fsp3) is 0.533. The minimum absolute atomic E-state index is 0.0577. The van der Waals surface area contributed by atoms with Crippen molar-refractivity contribution in [3.8, 4) is 0 Å². The van der Waals surface area contributed by atoms with Crippen LogP contribution in [0.4, 0.5) is 0 Å². The molecule has 120 valence electrons. The standard InChI is InChI=1S/C15H19NO5S/c17-15(18)14(12-7-4-8-21-12)16-22(19,20)13-9-11(13)10-5-2-1-3-6-10/h1-3,5-6,11-14,16H,4,7-9H2,(H,17,18). The van der Waals surface area contributed by atoms with Crippen LogP contribution in [0.15, 0.2) is 30.3 Å². The molecule has 0 aromatic heterocycles. The van der Waals surface area contributed by atoms with Gasteiger partial charge in [0.25, 0.3) is 0 Å². The molecule has 0 amide bonds. The average Bonchev–Trinajstić information content (AvgIpc) is 3.14. The summed E-state index contributed by atoms with van der Waals surface area (Å²) in [7, 11) is -3.68. The van der Waals surface area contributed by atoms with Crippen LogP contribution in [-0.2, 0) is 19.6 Å². The molecule has 1 aliphatic heterocycles. The number of aliphatic carboxylic acids is 1. The molecule has 1 aromatic rings. The Labute approximate surface area is 129 Å². The Morgan fingerprint density at radius 1 is 1.32 bits per heavy atom. The van der Waals surface area contributed by atoms with Crippen molar-refractivity contribution >= 4 is 16.0 Å². The summed E-state index contributed by atoms with van der Waals surface area (Å²) in [5.74, 6) is -1.25. The molecule has 2 aliphatic rings. The zero-order chi connectivity index (χ0) is 15.7. The molecule has 0 spiro atoms. The predicted octanol–water partition coefficient (Wildman–Crippen LogP) is 1.09. The highest BCUT2D eigenvalue weighted by Crippen LogP contribution is 2.45. The van der Waals surface area contributed by atoms with Crippen molar-refractivity contribution in [2.75, 3.05) is 6.61 Å². The minimum Gasteiger partial charge on any atom is -0.480 e. The van der Waals surface area contributed by atoms with Gasteiger partial charge in [-0.1, -0.05) is 30.3 Å². The highest BCUT2D eigenvalue weighted by molar-refractivity contribution is 7.90. The van der Waals surface area contributed by atoms with Crippen molar-refractivity contribution in [3.05, 3.63) is 35.9 Å². The maximum absolute atomic E-state index is 12.4. The van der Waals surface area contributed by atoms with Gasteiger partial charge in [-0.3, -0.25) is 4.79 Å². The molecule has 0 radical (unpaired) electrons. The first kappa shape index (κ1) is 15.5. The smallest absolute Gasteiger partial charge is 0.324 e. The lowest BCUT2D eigenvalue weighted by molar-refractivity contribution is -0.142. The molecular weight excluding hydrogens is 306 g/mol. The normalized spacial score (nSPS) is 29.2. The summed E-state index contributed by atoms with van der Waals surface area (Å²) < 4.78 is 32.5. The number of hydrogen-bond acceptors (Lipinski definition) is 4. The number of benzene rings is 1. The molecule has 22 heavy (non-hydrogen) atoms. The van der Waals surface area contributed by atoms with Crippen LogP contribution in [0.25, 0.3) is 0 Å². The van der Waals surface area contributed by atoms with Crippen LogP contribution in [0.1, 0.15) is 30.7 Å². The lowest BCUT2D eigenvalue weighted by Gasteiger charge is -2.20. The van der Waals surface area contributed by atoms with Crippen LogP contribution in [0.2, 0.25) is 0 Å². The van der Waals surface area contributed by atoms with E-state index in [0.717, 1.165) is 12.0 Å². The maximum atomic E-state index is 12.4. The molecule has 1 saturated carbocycles. The Balaban J connectivity index is 1.69. The number of carboxylic acid groups (broad SMARTS) is 1. The first-order valence-corrected chi connectivity index (χ1v) is 8.94. The number of carbonyl (C=O) groups is 1. The average molecular weight is 325 g/mol. The van der Waals surface area contributed by atoms with Crippen molar-refractivity contribution in [1.82, 2.24) is 4.72 Å². The number of ether oxygens (including phenoxy) is 1. The summed E-state index contributed by atoms with van der Waals surface area (Å²) >= 11 is 0. The molecule has 1 heterocycles. The van der Waals surface area contributed by atoms with E-state index in [2.05, 4.69) is 4.72 Å². The molecule has 1 saturated heterocycles. The molecule has 2 fully saturated rings. The van der Waals surface area contributed by atoms with E-state index in [4.69, 9.17) is 4.74 Å². The highest BCUT2D eigenvalue weighted by atomic mass is 32.2. The first-order valence-electron chi connectivity index (χ1n) is 7.39. The van der Waals surface area contributed by atoms with Gasteiger partial charge in [-0.15, -0.1) is 0 Å². The quantitative estimate of drug-likeness (QED) is 0.817.